The summed E-state index contributed by atoms with van der Waals surface area (Å²) in [5, 5.41) is 0. The molecule has 2 rings (SSSR count). The van der Waals surface area contributed by atoms with Gasteiger partial charge in [0, 0.05) is 24.2 Å². The Morgan fingerprint density at radius 1 is 1.32 bits per heavy atom. The molecule has 0 aromatic heterocycles. The van der Waals surface area contributed by atoms with Gasteiger partial charge in [-0.05, 0) is 49.9 Å². The zero-order valence-corrected chi connectivity index (χ0v) is 11.7. The Labute approximate surface area is 114 Å². The van der Waals surface area contributed by atoms with E-state index in [1.165, 1.54) is 0 Å². The zero-order chi connectivity index (χ0) is 13.8. The van der Waals surface area contributed by atoms with Crippen molar-refractivity contribution in [1.29, 1.82) is 0 Å². The van der Waals surface area contributed by atoms with Crippen molar-refractivity contribution in [1.82, 2.24) is 0 Å². The van der Waals surface area contributed by atoms with Crippen LogP contribution in [-0.4, -0.2) is 18.2 Å². The minimum atomic E-state index is 0.0808. The molecule has 102 valence electrons. The second-order valence-electron chi connectivity index (χ2n) is 5.15. The fourth-order valence-electron chi connectivity index (χ4n) is 2.54. The van der Waals surface area contributed by atoms with Crippen LogP contribution in [0.5, 0.6) is 0 Å². The molecule has 1 aromatic carbocycles. The summed E-state index contributed by atoms with van der Waals surface area (Å²) in [7, 11) is 0. The van der Waals surface area contributed by atoms with Gasteiger partial charge in [-0.1, -0.05) is 13.3 Å². The molecule has 0 saturated carbocycles. The molecule has 1 aliphatic rings. The van der Waals surface area contributed by atoms with E-state index in [2.05, 4.69) is 6.92 Å². The van der Waals surface area contributed by atoms with Gasteiger partial charge in [-0.2, -0.15) is 0 Å². The normalized spacial score (nSPS) is 14.1. The fourth-order valence-corrected chi connectivity index (χ4v) is 2.54. The lowest BCUT2D eigenvalue weighted by atomic mass is 9.97. The molecule has 1 amide bonds. The summed E-state index contributed by atoms with van der Waals surface area (Å²) in [4.78, 5) is 25.5. The van der Waals surface area contributed by atoms with Crippen LogP contribution >= 0.6 is 0 Å². The smallest absolute Gasteiger partial charge is 0.226 e. The molecule has 1 aromatic rings. The highest BCUT2D eigenvalue weighted by atomic mass is 16.2. The lowest BCUT2D eigenvalue weighted by Gasteiger charge is -2.30. The van der Waals surface area contributed by atoms with Crippen molar-refractivity contribution in [2.75, 3.05) is 11.4 Å². The van der Waals surface area contributed by atoms with E-state index in [9.17, 15) is 9.59 Å². The van der Waals surface area contributed by atoms with Crippen LogP contribution < -0.4 is 4.90 Å². The standard InChI is InChI=1S/C16H21NO2/c1-3-4-7-16(19)17-10-5-6-14-11-13(12(2)18)8-9-15(14)17/h8-9,11H,3-7,10H2,1-2H3. The van der Waals surface area contributed by atoms with Crippen LogP contribution in [0.3, 0.4) is 0 Å². The Kier molecular flexibility index (Phi) is 4.35. The first-order valence-corrected chi connectivity index (χ1v) is 7.07. The maximum Gasteiger partial charge on any atom is 0.226 e. The number of aryl methyl sites for hydroxylation is 1. The van der Waals surface area contributed by atoms with Crippen molar-refractivity contribution in [3.05, 3.63) is 29.3 Å². The number of nitrogens with zero attached hydrogens (tertiary/aromatic N) is 1. The summed E-state index contributed by atoms with van der Waals surface area (Å²) in [6, 6.07) is 5.69. The number of fused-ring (bicyclic) bond motifs is 1. The molecule has 0 aliphatic carbocycles. The average molecular weight is 259 g/mol. The van der Waals surface area contributed by atoms with Gasteiger partial charge < -0.3 is 4.90 Å². The lowest BCUT2D eigenvalue weighted by Crippen LogP contribution is -2.35. The van der Waals surface area contributed by atoms with Crippen LogP contribution in [0.15, 0.2) is 18.2 Å². The number of unbranched alkanes of at least 4 members (excludes halogenated alkanes) is 1. The van der Waals surface area contributed by atoms with Crippen LogP contribution in [0.25, 0.3) is 0 Å². The van der Waals surface area contributed by atoms with E-state index in [-0.39, 0.29) is 11.7 Å². The number of benzene rings is 1. The molecule has 0 fully saturated rings. The fraction of sp³-hybridized carbons (Fsp3) is 0.500. The van der Waals surface area contributed by atoms with Gasteiger partial charge in [0.15, 0.2) is 5.78 Å². The second kappa shape index (κ2) is 6.00. The highest BCUT2D eigenvalue weighted by molar-refractivity contribution is 5.97. The minimum absolute atomic E-state index is 0.0808. The van der Waals surface area contributed by atoms with Gasteiger partial charge in [-0.3, -0.25) is 9.59 Å². The van der Waals surface area contributed by atoms with E-state index in [4.69, 9.17) is 0 Å². The van der Waals surface area contributed by atoms with Crippen LogP contribution in [0.4, 0.5) is 5.69 Å². The number of Topliss-reactive ketones (excluding diaryl/α,β-unsaturated/α-hetero) is 1. The molecule has 3 nitrogen and oxygen atoms in total. The third kappa shape index (κ3) is 3.03. The summed E-state index contributed by atoms with van der Waals surface area (Å²) in [5.74, 6) is 0.288. The predicted molar refractivity (Wildman–Crippen MR) is 76.6 cm³/mol. The van der Waals surface area contributed by atoms with E-state index in [1.54, 1.807) is 6.92 Å². The van der Waals surface area contributed by atoms with E-state index in [0.717, 1.165) is 49.0 Å². The maximum absolute atomic E-state index is 12.2. The first-order valence-electron chi connectivity index (χ1n) is 7.07. The largest absolute Gasteiger partial charge is 0.312 e. The molecule has 3 heteroatoms. The Morgan fingerprint density at radius 2 is 2.11 bits per heavy atom. The van der Waals surface area contributed by atoms with Crippen LogP contribution in [0.2, 0.25) is 0 Å². The monoisotopic (exact) mass is 259 g/mol. The molecule has 0 saturated heterocycles. The van der Waals surface area contributed by atoms with Crippen LogP contribution in [-0.2, 0) is 11.2 Å². The minimum Gasteiger partial charge on any atom is -0.312 e. The molecule has 0 spiro atoms. The third-order valence-corrected chi connectivity index (χ3v) is 3.65. The molecule has 1 aliphatic heterocycles. The van der Waals surface area contributed by atoms with Crippen LogP contribution in [0.1, 0.15) is 55.5 Å². The van der Waals surface area contributed by atoms with Crippen molar-refractivity contribution in [2.24, 2.45) is 0 Å². The summed E-state index contributed by atoms with van der Waals surface area (Å²) >= 11 is 0. The number of ketones is 1. The Bertz CT molecular complexity index is 494. The first kappa shape index (κ1) is 13.8. The van der Waals surface area contributed by atoms with Gasteiger partial charge >= 0.3 is 0 Å². The van der Waals surface area contributed by atoms with E-state index in [1.807, 2.05) is 23.1 Å². The quantitative estimate of drug-likeness (QED) is 0.777. The summed E-state index contributed by atoms with van der Waals surface area (Å²) in [6.07, 6.45) is 4.52. The van der Waals surface area contributed by atoms with Gasteiger partial charge in [0.2, 0.25) is 5.91 Å². The molecule has 0 atom stereocenters. The maximum atomic E-state index is 12.2. The van der Waals surface area contributed by atoms with Crippen molar-refractivity contribution in [2.45, 2.75) is 46.0 Å². The average Bonchev–Trinajstić information content (AvgIpc) is 2.43. The SMILES string of the molecule is CCCCC(=O)N1CCCc2cc(C(C)=O)ccc21. The van der Waals surface area contributed by atoms with Crippen LogP contribution in [0, 0.1) is 0 Å². The Hall–Kier alpha value is -1.64. The summed E-state index contributed by atoms with van der Waals surface area (Å²) in [5.41, 5.74) is 2.86. The van der Waals surface area contributed by atoms with E-state index >= 15 is 0 Å². The van der Waals surface area contributed by atoms with E-state index in [0.29, 0.717) is 6.42 Å². The van der Waals surface area contributed by atoms with Crippen molar-refractivity contribution in [3.8, 4) is 0 Å². The van der Waals surface area contributed by atoms with Gasteiger partial charge in [-0.25, -0.2) is 0 Å². The molecular formula is C16H21NO2. The molecule has 1 heterocycles. The van der Waals surface area contributed by atoms with Gasteiger partial charge in [0.1, 0.15) is 0 Å². The third-order valence-electron chi connectivity index (χ3n) is 3.65. The number of carbonyl (C=O) groups excluding carboxylic acids is 2. The Balaban J connectivity index is 2.24. The topological polar surface area (TPSA) is 37.4 Å². The molecular weight excluding hydrogens is 238 g/mol. The highest BCUT2D eigenvalue weighted by Gasteiger charge is 2.22. The number of hydrogen-bond acceptors (Lipinski definition) is 2. The number of carbonyl (C=O) groups is 2. The molecule has 0 N–H and O–H groups in total. The second-order valence-corrected chi connectivity index (χ2v) is 5.15. The number of rotatable bonds is 4. The summed E-state index contributed by atoms with van der Waals surface area (Å²) < 4.78 is 0. The number of anilines is 1. The first-order chi connectivity index (χ1) is 9.13. The van der Waals surface area contributed by atoms with Crippen molar-refractivity contribution >= 4 is 17.4 Å². The van der Waals surface area contributed by atoms with Crippen molar-refractivity contribution < 1.29 is 9.59 Å². The highest BCUT2D eigenvalue weighted by Crippen LogP contribution is 2.29. The van der Waals surface area contributed by atoms with Gasteiger partial charge in [0.25, 0.3) is 0 Å². The van der Waals surface area contributed by atoms with Gasteiger partial charge in [-0.15, -0.1) is 0 Å². The molecule has 0 radical (unpaired) electrons. The van der Waals surface area contributed by atoms with Crippen molar-refractivity contribution in [3.63, 3.8) is 0 Å². The van der Waals surface area contributed by atoms with E-state index < -0.39 is 0 Å². The molecule has 19 heavy (non-hydrogen) atoms. The van der Waals surface area contributed by atoms with Gasteiger partial charge in [0.05, 0.1) is 0 Å². The lowest BCUT2D eigenvalue weighted by molar-refractivity contribution is -0.118. The Morgan fingerprint density at radius 3 is 2.79 bits per heavy atom. The number of amides is 1. The predicted octanol–water partition coefficient (Wildman–Crippen LogP) is 3.36. The number of hydrogen-bond donors (Lipinski definition) is 0. The molecule has 0 unspecified atom stereocenters. The summed E-state index contributed by atoms with van der Waals surface area (Å²) in [6.45, 7) is 4.47. The molecule has 0 bridgehead atoms. The zero-order valence-electron chi connectivity index (χ0n) is 11.7.